The molecule has 5 nitrogen and oxygen atoms in total. The molecule has 102 valence electrons. The van der Waals surface area contributed by atoms with Gasteiger partial charge >= 0.3 is 5.97 Å². The predicted octanol–water partition coefficient (Wildman–Crippen LogP) is 2.23. The smallest absolute Gasteiger partial charge is 0.335 e. The predicted molar refractivity (Wildman–Crippen MR) is 75.5 cm³/mol. The third-order valence-electron chi connectivity index (χ3n) is 2.95. The molecule has 2 rings (SSSR count). The second kappa shape index (κ2) is 4.26. The Morgan fingerprint density at radius 1 is 1.32 bits per heavy atom. The first-order valence-corrected chi connectivity index (χ1v) is 6.15. The van der Waals surface area contributed by atoms with E-state index in [1.807, 2.05) is 23.8 Å². The number of carbonyl (C=O) groups is 1. The molecule has 0 unspecified atom stereocenters. The van der Waals surface area contributed by atoms with Gasteiger partial charge in [0.1, 0.15) is 5.82 Å². The number of aromatic nitrogens is 2. The zero-order valence-corrected chi connectivity index (χ0v) is 11.9. The summed E-state index contributed by atoms with van der Waals surface area (Å²) in [5, 5.41) is 11.0. The number of imidazole rings is 1. The third kappa shape index (κ3) is 2.28. The molecule has 0 saturated carbocycles. The summed E-state index contributed by atoms with van der Waals surface area (Å²) < 4.78 is 2.01. The summed E-state index contributed by atoms with van der Waals surface area (Å²) in [6.45, 7) is 6.27. The second-order valence-electron chi connectivity index (χ2n) is 5.85. The number of carboxylic acid groups (broad SMARTS) is 1. The number of aromatic carboxylic acids is 1. The maximum atomic E-state index is 11.0. The Morgan fingerprint density at radius 3 is 2.42 bits per heavy atom. The van der Waals surface area contributed by atoms with Crippen LogP contribution in [0.1, 0.15) is 37.0 Å². The lowest BCUT2D eigenvalue weighted by molar-refractivity contribution is 0.0697. The molecule has 5 heteroatoms. The standard InChI is InChI=1S/C14H19N3O2/c1-14(2,3)13-15-10-8-9(12(18)19)6-7-11(10)17(13)16(4)5/h6-8H,1-5H3,(H,18,19). The van der Waals surface area contributed by atoms with E-state index in [2.05, 4.69) is 25.8 Å². The van der Waals surface area contributed by atoms with Gasteiger partial charge in [-0.15, -0.1) is 0 Å². The first-order valence-electron chi connectivity index (χ1n) is 6.15. The number of hydrogen-bond acceptors (Lipinski definition) is 3. The molecule has 1 aromatic heterocycles. The van der Waals surface area contributed by atoms with Crippen LogP contribution in [-0.4, -0.2) is 34.8 Å². The van der Waals surface area contributed by atoms with E-state index >= 15 is 0 Å². The number of carboxylic acids is 1. The van der Waals surface area contributed by atoms with E-state index in [9.17, 15) is 4.79 Å². The first kappa shape index (κ1) is 13.4. The molecular formula is C14H19N3O2. The lowest BCUT2D eigenvalue weighted by Gasteiger charge is -2.25. The summed E-state index contributed by atoms with van der Waals surface area (Å²) in [4.78, 5) is 15.6. The van der Waals surface area contributed by atoms with E-state index in [1.165, 1.54) is 0 Å². The number of benzene rings is 1. The fourth-order valence-electron chi connectivity index (χ4n) is 2.09. The lowest BCUT2D eigenvalue weighted by atomic mass is 9.96. The van der Waals surface area contributed by atoms with Crippen LogP contribution >= 0.6 is 0 Å². The molecule has 2 aromatic rings. The van der Waals surface area contributed by atoms with Crippen molar-refractivity contribution in [2.45, 2.75) is 26.2 Å². The van der Waals surface area contributed by atoms with Crippen LogP contribution in [0.25, 0.3) is 11.0 Å². The van der Waals surface area contributed by atoms with Crippen molar-refractivity contribution >= 4 is 17.0 Å². The van der Waals surface area contributed by atoms with Crippen LogP contribution in [0, 0.1) is 0 Å². The van der Waals surface area contributed by atoms with Gasteiger partial charge in [0, 0.05) is 19.5 Å². The lowest BCUT2D eigenvalue weighted by Crippen LogP contribution is -2.31. The van der Waals surface area contributed by atoms with Gasteiger partial charge in [0.05, 0.1) is 16.6 Å². The van der Waals surface area contributed by atoms with Crippen molar-refractivity contribution in [2.24, 2.45) is 0 Å². The Kier molecular flexibility index (Phi) is 3.00. The molecule has 0 atom stereocenters. The summed E-state index contributed by atoms with van der Waals surface area (Å²) in [7, 11) is 3.89. The van der Waals surface area contributed by atoms with Crippen molar-refractivity contribution in [1.29, 1.82) is 0 Å². The number of nitrogens with zero attached hydrogens (tertiary/aromatic N) is 3. The number of fused-ring (bicyclic) bond motifs is 1. The van der Waals surface area contributed by atoms with Crippen LogP contribution in [0.4, 0.5) is 0 Å². The van der Waals surface area contributed by atoms with Gasteiger partial charge in [0.15, 0.2) is 0 Å². The van der Waals surface area contributed by atoms with Crippen molar-refractivity contribution in [2.75, 3.05) is 19.1 Å². The van der Waals surface area contributed by atoms with Gasteiger partial charge in [-0.05, 0) is 18.2 Å². The highest BCUT2D eigenvalue weighted by molar-refractivity contribution is 5.92. The number of hydrogen-bond donors (Lipinski definition) is 1. The zero-order chi connectivity index (χ0) is 14.4. The van der Waals surface area contributed by atoms with Crippen LogP contribution in [0.2, 0.25) is 0 Å². The average Bonchev–Trinajstić information content (AvgIpc) is 2.66. The maximum Gasteiger partial charge on any atom is 0.335 e. The molecule has 1 heterocycles. The fraction of sp³-hybridized carbons (Fsp3) is 0.429. The van der Waals surface area contributed by atoms with Gasteiger partial charge in [-0.3, -0.25) is 0 Å². The minimum Gasteiger partial charge on any atom is -0.478 e. The highest BCUT2D eigenvalue weighted by Crippen LogP contribution is 2.26. The van der Waals surface area contributed by atoms with Crippen molar-refractivity contribution in [3.05, 3.63) is 29.6 Å². The first-order chi connectivity index (χ1) is 8.71. The molecule has 0 bridgehead atoms. The van der Waals surface area contributed by atoms with Gasteiger partial charge in [0.2, 0.25) is 0 Å². The molecule has 0 aliphatic heterocycles. The Bertz CT molecular complexity index is 636. The van der Waals surface area contributed by atoms with Crippen molar-refractivity contribution in [3.8, 4) is 0 Å². The Morgan fingerprint density at radius 2 is 1.95 bits per heavy atom. The highest BCUT2D eigenvalue weighted by atomic mass is 16.4. The van der Waals surface area contributed by atoms with Crippen LogP contribution in [0.3, 0.4) is 0 Å². The van der Waals surface area contributed by atoms with Crippen LogP contribution < -0.4 is 5.01 Å². The van der Waals surface area contributed by atoms with Crippen molar-refractivity contribution < 1.29 is 9.90 Å². The van der Waals surface area contributed by atoms with Gasteiger partial charge in [-0.2, -0.15) is 0 Å². The molecule has 0 aliphatic rings. The summed E-state index contributed by atoms with van der Waals surface area (Å²) in [6, 6.07) is 5.03. The van der Waals surface area contributed by atoms with E-state index in [4.69, 9.17) is 5.11 Å². The van der Waals surface area contributed by atoms with Crippen LogP contribution in [0.15, 0.2) is 18.2 Å². The fourth-order valence-corrected chi connectivity index (χ4v) is 2.09. The normalized spacial score (nSPS) is 11.8. The van der Waals surface area contributed by atoms with Gasteiger partial charge in [0.25, 0.3) is 0 Å². The molecule has 0 spiro atoms. The molecular weight excluding hydrogens is 242 g/mol. The summed E-state index contributed by atoms with van der Waals surface area (Å²) in [5.74, 6) is -0.0198. The summed E-state index contributed by atoms with van der Waals surface area (Å²) in [6.07, 6.45) is 0. The maximum absolute atomic E-state index is 11.0. The van der Waals surface area contributed by atoms with E-state index in [0.29, 0.717) is 5.52 Å². The van der Waals surface area contributed by atoms with Gasteiger partial charge in [-0.25, -0.2) is 14.5 Å². The molecule has 0 saturated heterocycles. The van der Waals surface area contributed by atoms with Crippen molar-refractivity contribution in [1.82, 2.24) is 9.66 Å². The van der Waals surface area contributed by atoms with E-state index in [1.54, 1.807) is 18.2 Å². The second-order valence-corrected chi connectivity index (χ2v) is 5.85. The monoisotopic (exact) mass is 261 g/mol. The third-order valence-corrected chi connectivity index (χ3v) is 2.95. The highest BCUT2D eigenvalue weighted by Gasteiger charge is 2.24. The zero-order valence-electron chi connectivity index (χ0n) is 11.9. The topological polar surface area (TPSA) is 58.4 Å². The van der Waals surface area contributed by atoms with Gasteiger partial charge in [-0.1, -0.05) is 20.8 Å². The van der Waals surface area contributed by atoms with Crippen molar-refractivity contribution in [3.63, 3.8) is 0 Å². The average molecular weight is 261 g/mol. The number of rotatable bonds is 2. The van der Waals surface area contributed by atoms with Crippen LogP contribution in [-0.2, 0) is 5.41 Å². The quantitative estimate of drug-likeness (QED) is 0.900. The van der Waals surface area contributed by atoms with Crippen LogP contribution in [0.5, 0.6) is 0 Å². The van der Waals surface area contributed by atoms with E-state index < -0.39 is 5.97 Å². The molecule has 0 aliphatic carbocycles. The SMILES string of the molecule is CN(C)n1c(C(C)(C)C)nc2cc(C(=O)O)ccc21. The summed E-state index contributed by atoms with van der Waals surface area (Å²) >= 11 is 0. The minimum atomic E-state index is -0.932. The Labute approximate surface area is 112 Å². The summed E-state index contributed by atoms with van der Waals surface area (Å²) in [5.41, 5.74) is 1.77. The van der Waals surface area contributed by atoms with Gasteiger partial charge < -0.3 is 10.1 Å². The minimum absolute atomic E-state index is 0.118. The molecule has 1 N–H and O–H groups in total. The largest absolute Gasteiger partial charge is 0.478 e. The van der Waals surface area contributed by atoms with E-state index in [-0.39, 0.29) is 11.0 Å². The molecule has 1 aromatic carbocycles. The molecule has 19 heavy (non-hydrogen) atoms. The molecule has 0 fully saturated rings. The molecule has 0 amide bonds. The molecule has 0 radical (unpaired) electrons. The van der Waals surface area contributed by atoms with E-state index in [0.717, 1.165) is 11.3 Å². The Balaban J connectivity index is 2.77. The Hall–Kier alpha value is -2.04.